The van der Waals surface area contributed by atoms with Crippen LogP contribution in [0.4, 0.5) is 0 Å². The van der Waals surface area contributed by atoms with Gasteiger partial charge in [0.1, 0.15) is 0 Å². The molecule has 0 aromatic rings. The molecule has 0 bridgehead atoms. The van der Waals surface area contributed by atoms with Gasteiger partial charge in [-0.1, -0.05) is 45.3 Å². The lowest BCUT2D eigenvalue weighted by atomic mass is 10.3. The molecule has 0 radical (unpaired) electrons. The van der Waals surface area contributed by atoms with Crippen molar-refractivity contribution in [3.05, 3.63) is 12.2 Å². The van der Waals surface area contributed by atoms with E-state index in [1.54, 1.807) is 0 Å². The number of rotatable bonds is 2. The fraction of sp³-hybridized carbons (Fsp3) is 0.778. The molecule has 0 amide bonds. The van der Waals surface area contributed by atoms with Crippen molar-refractivity contribution >= 4 is 0 Å². The zero-order valence-corrected chi connectivity index (χ0v) is 7.28. The van der Waals surface area contributed by atoms with Gasteiger partial charge in [-0.25, -0.2) is 0 Å². The number of hydrogen-bond acceptors (Lipinski definition) is 0. The molecule has 0 spiro atoms. The van der Waals surface area contributed by atoms with Gasteiger partial charge in [0.15, 0.2) is 0 Å². The second kappa shape index (κ2) is 15.6. The smallest absolute Gasteiger partial charge is 0.0470 e. The Bertz CT molecular complexity index is 38.0. The number of hydrogen-bond donors (Lipinski definition) is 0. The molecule has 0 unspecified atom stereocenters. The lowest BCUT2D eigenvalue weighted by Crippen LogP contribution is -1.59. The topological polar surface area (TPSA) is 0 Å². The van der Waals surface area contributed by atoms with Crippen molar-refractivity contribution < 1.29 is 0 Å². The molecule has 0 heteroatoms. The van der Waals surface area contributed by atoms with E-state index in [-0.39, 0.29) is 0 Å². The van der Waals surface area contributed by atoms with Gasteiger partial charge in [0.25, 0.3) is 0 Å². The Hall–Kier alpha value is -0.260. The van der Waals surface area contributed by atoms with E-state index in [9.17, 15) is 0 Å². The minimum absolute atomic E-state index is 1.34. The van der Waals surface area contributed by atoms with Gasteiger partial charge in [0, 0.05) is 0 Å². The van der Waals surface area contributed by atoms with Crippen LogP contribution in [0.25, 0.3) is 0 Å². The van der Waals surface area contributed by atoms with E-state index in [2.05, 4.69) is 13.8 Å². The SMILES string of the molecule is C/C=C\C.CCCCC. The maximum absolute atomic E-state index is 2.21. The summed E-state index contributed by atoms with van der Waals surface area (Å²) in [6, 6.07) is 0. The summed E-state index contributed by atoms with van der Waals surface area (Å²) in [6.45, 7) is 8.42. The van der Waals surface area contributed by atoms with Crippen molar-refractivity contribution in [2.75, 3.05) is 0 Å². The first-order valence-electron chi connectivity index (χ1n) is 3.90. The number of unbranched alkanes of at least 4 members (excludes halogenated alkanes) is 2. The van der Waals surface area contributed by atoms with E-state index in [0.29, 0.717) is 0 Å². The summed E-state index contributed by atoms with van der Waals surface area (Å²) in [7, 11) is 0. The van der Waals surface area contributed by atoms with Crippen LogP contribution in [0.2, 0.25) is 0 Å². The third-order valence-corrected chi connectivity index (χ3v) is 1.04. The van der Waals surface area contributed by atoms with Gasteiger partial charge >= 0.3 is 0 Å². The van der Waals surface area contributed by atoms with Crippen LogP contribution in [0, 0.1) is 0 Å². The zero-order valence-electron chi connectivity index (χ0n) is 7.28. The molecule has 0 nitrogen and oxygen atoms in total. The zero-order chi connectivity index (χ0) is 7.54. The van der Waals surface area contributed by atoms with Crippen molar-refractivity contribution in [1.82, 2.24) is 0 Å². The molecule has 0 rings (SSSR count). The van der Waals surface area contributed by atoms with E-state index in [4.69, 9.17) is 0 Å². The first-order chi connectivity index (χ1) is 4.33. The summed E-state index contributed by atoms with van der Waals surface area (Å²) < 4.78 is 0. The summed E-state index contributed by atoms with van der Waals surface area (Å²) in [6.07, 6.45) is 8.08. The predicted molar refractivity (Wildman–Crippen MR) is 45.7 cm³/mol. The molecule has 0 aliphatic carbocycles. The Kier molecular flexibility index (Phi) is 20.0. The highest BCUT2D eigenvalue weighted by Crippen LogP contribution is 1.88. The van der Waals surface area contributed by atoms with E-state index in [0.717, 1.165) is 0 Å². The Morgan fingerprint density at radius 3 is 1.22 bits per heavy atom. The van der Waals surface area contributed by atoms with Gasteiger partial charge in [-0.05, 0) is 13.8 Å². The van der Waals surface area contributed by atoms with Crippen LogP contribution in [-0.4, -0.2) is 0 Å². The molecular formula is C9H20. The highest BCUT2D eigenvalue weighted by molar-refractivity contribution is 4.68. The predicted octanol–water partition coefficient (Wildman–Crippen LogP) is 3.78. The normalized spacial score (nSPS) is 8.89. The summed E-state index contributed by atoms with van der Waals surface area (Å²) in [5, 5.41) is 0. The molecule has 0 aliphatic rings. The van der Waals surface area contributed by atoms with Crippen LogP contribution in [0.15, 0.2) is 12.2 Å². The molecule has 56 valence electrons. The van der Waals surface area contributed by atoms with E-state index >= 15 is 0 Å². The quantitative estimate of drug-likeness (QED) is 0.496. The first kappa shape index (κ1) is 11.5. The molecular weight excluding hydrogens is 108 g/mol. The van der Waals surface area contributed by atoms with Gasteiger partial charge in [-0.15, -0.1) is 0 Å². The second-order valence-electron chi connectivity index (χ2n) is 2.02. The van der Waals surface area contributed by atoms with Crippen molar-refractivity contribution in [1.29, 1.82) is 0 Å². The van der Waals surface area contributed by atoms with Gasteiger partial charge < -0.3 is 0 Å². The first-order valence-corrected chi connectivity index (χ1v) is 3.90. The fourth-order valence-corrected chi connectivity index (χ4v) is 0.354. The highest BCUT2D eigenvalue weighted by atomic mass is 13.7. The Balaban J connectivity index is 0. The lowest BCUT2D eigenvalue weighted by Gasteiger charge is -1.79. The number of allylic oxidation sites excluding steroid dienone is 2. The summed E-state index contributed by atoms with van der Waals surface area (Å²) in [5.74, 6) is 0. The van der Waals surface area contributed by atoms with Crippen LogP contribution in [0.3, 0.4) is 0 Å². The van der Waals surface area contributed by atoms with Crippen molar-refractivity contribution in [2.45, 2.75) is 47.0 Å². The summed E-state index contributed by atoms with van der Waals surface area (Å²) in [4.78, 5) is 0. The molecule has 0 N–H and O–H groups in total. The minimum atomic E-state index is 1.34. The van der Waals surface area contributed by atoms with Crippen LogP contribution in [0.1, 0.15) is 47.0 Å². The Labute approximate surface area is 60.0 Å². The third kappa shape index (κ3) is 34.0. The molecule has 0 fully saturated rings. The van der Waals surface area contributed by atoms with Crippen LogP contribution in [-0.2, 0) is 0 Å². The van der Waals surface area contributed by atoms with Crippen LogP contribution in [0.5, 0.6) is 0 Å². The van der Waals surface area contributed by atoms with Crippen molar-refractivity contribution in [2.24, 2.45) is 0 Å². The largest absolute Gasteiger partial charge is 0.0919 e. The molecule has 0 atom stereocenters. The maximum atomic E-state index is 2.21. The summed E-state index contributed by atoms with van der Waals surface area (Å²) in [5.41, 5.74) is 0. The lowest BCUT2D eigenvalue weighted by molar-refractivity contribution is 0.772. The minimum Gasteiger partial charge on any atom is -0.0919 e. The van der Waals surface area contributed by atoms with Gasteiger partial charge in [0.05, 0.1) is 0 Å². The van der Waals surface area contributed by atoms with Crippen molar-refractivity contribution in [3.63, 3.8) is 0 Å². The summed E-state index contributed by atoms with van der Waals surface area (Å²) >= 11 is 0. The van der Waals surface area contributed by atoms with Gasteiger partial charge in [-0.3, -0.25) is 0 Å². The Morgan fingerprint density at radius 2 is 1.22 bits per heavy atom. The molecule has 0 heterocycles. The molecule has 9 heavy (non-hydrogen) atoms. The second-order valence-corrected chi connectivity index (χ2v) is 2.02. The van der Waals surface area contributed by atoms with E-state index in [1.165, 1.54) is 19.3 Å². The van der Waals surface area contributed by atoms with E-state index in [1.807, 2.05) is 26.0 Å². The Morgan fingerprint density at radius 1 is 0.889 bits per heavy atom. The third-order valence-electron chi connectivity index (χ3n) is 1.04. The van der Waals surface area contributed by atoms with Crippen molar-refractivity contribution in [3.8, 4) is 0 Å². The van der Waals surface area contributed by atoms with E-state index < -0.39 is 0 Å². The van der Waals surface area contributed by atoms with Gasteiger partial charge in [-0.2, -0.15) is 0 Å². The van der Waals surface area contributed by atoms with Crippen LogP contribution >= 0.6 is 0 Å². The van der Waals surface area contributed by atoms with Gasteiger partial charge in [0.2, 0.25) is 0 Å². The molecule has 0 aromatic carbocycles. The van der Waals surface area contributed by atoms with Crippen LogP contribution < -0.4 is 0 Å². The highest BCUT2D eigenvalue weighted by Gasteiger charge is 1.68. The standard InChI is InChI=1S/C5H12.C4H8/c1-3-5-4-2;1-3-4-2/h3-5H2,1-2H3;3-4H,1-2H3/b;4-3-. The molecule has 0 aromatic heterocycles. The monoisotopic (exact) mass is 128 g/mol. The molecule has 0 saturated carbocycles. The molecule has 0 saturated heterocycles. The average molecular weight is 128 g/mol. The fourth-order valence-electron chi connectivity index (χ4n) is 0.354. The maximum Gasteiger partial charge on any atom is -0.0470 e. The average Bonchev–Trinajstić information content (AvgIpc) is 1.91. The molecule has 0 aliphatic heterocycles.